The van der Waals surface area contributed by atoms with Crippen LogP contribution >= 0.6 is 0 Å². The first kappa shape index (κ1) is 22.2. The summed E-state index contributed by atoms with van der Waals surface area (Å²) in [6.07, 6.45) is 0. The molecule has 1 aliphatic heterocycles. The van der Waals surface area contributed by atoms with Gasteiger partial charge in [0.2, 0.25) is 20.0 Å². The van der Waals surface area contributed by atoms with Crippen molar-refractivity contribution in [3.05, 3.63) is 54.1 Å². The molecule has 162 valence electrons. The Labute approximate surface area is 176 Å². The van der Waals surface area contributed by atoms with Crippen molar-refractivity contribution in [3.63, 3.8) is 0 Å². The number of amides is 1. The number of ether oxygens (including phenoxy) is 1. The van der Waals surface area contributed by atoms with Gasteiger partial charge in [-0.25, -0.2) is 21.6 Å². The number of carbonyl (C=O) groups is 1. The molecular weight excluding hydrogens is 430 g/mol. The zero-order valence-corrected chi connectivity index (χ0v) is 18.2. The number of piperazine rings is 1. The predicted molar refractivity (Wildman–Crippen MR) is 110 cm³/mol. The van der Waals surface area contributed by atoms with E-state index in [9.17, 15) is 21.6 Å². The Kier molecular flexibility index (Phi) is 6.46. The zero-order valence-electron chi connectivity index (χ0n) is 16.6. The van der Waals surface area contributed by atoms with Gasteiger partial charge in [-0.1, -0.05) is 6.07 Å². The van der Waals surface area contributed by atoms with E-state index in [1.807, 2.05) is 0 Å². The van der Waals surface area contributed by atoms with Gasteiger partial charge < -0.3 is 9.64 Å². The van der Waals surface area contributed by atoms with Crippen LogP contribution in [0.25, 0.3) is 0 Å². The smallest absolute Gasteiger partial charge is 0.253 e. The molecule has 1 N–H and O–H groups in total. The van der Waals surface area contributed by atoms with Crippen LogP contribution in [0.5, 0.6) is 5.75 Å². The molecule has 0 saturated carbocycles. The van der Waals surface area contributed by atoms with E-state index < -0.39 is 20.0 Å². The molecule has 2 aromatic rings. The molecular formula is C19H23N3O6S2. The van der Waals surface area contributed by atoms with Crippen LogP contribution < -0.4 is 9.46 Å². The molecule has 0 aliphatic carbocycles. The zero-order chi connectivity index (χ0) is 21.9. The fourth-order valence-electron chi connectivity index (χ4n) is 3.13. The van der Waals surface area contributed by atoms with Crippen molar-refractivity contribution in [1.29, 1.82) is 0 Å². The van der Waals surface area contributed by atoms with E-state index in [0.29, 0.717) is 5.75 Å². The molecule has 3 rings (SSSR count). The molecule has 2 aromatic carbocycles. The Morgan fingerprint density at radius 3 is 2.13 bits per heavy atom. The van der Waals surface area contributed by atoms with E-state index in [1.54, 1.807) is 12.1 Å². The van der Waals surface area contributed by atoms with Crippen LogP contribution in [0.3, 0.4) is 0 Å². The number of hydrogen-bond acceptors (Lipinski definition) is 6. The molecule has 11 heteroatoms. The van der Waals surface area contributed by atoms with Crippen LogP contribution in [0, 0.1) is 0 Å². The topological polar surface area (TPSA) is 113 Å². The van der Waals surface area contributed by atoms with E-state index in [4.69, 9.17) is 4.74 Å². The van der Waals surface area contributed by atoms with Gasteiger partial charge >= 0.3 is 0 Å². The van der Waals surface area contributed by atoms with Gasteiger partial charge in [0, 0.05) is 31.7 Å². The number of methoxy groups -OCH3 is 1. The monoisotopic (exact) mass is 453 g/mol. The molecule has 9 nitrogen and oxygen atoms in total. The first-order valence-electron chi connectivity index (χ1n) is 9.16. The first-order valence-corrected chi connectivity index (χ1v) is 12.1. The summed E-state index contributed by atoms with van der Waals surface area (Å²) in [7, 11) is -4.54. The number of nitrogens with one attached hydrogen (secondary N) is 1. The average molecular weight is 454 g/mol. The number of sulfonamides is 2. The quantitative estimate of drug-likeness (QED) is 0.691. The first-order chi connectivity index (χ1) is 14.2. The Morgan fingerprint density at radius 2 is 1.57 bits per heavy atom. The molecule has 1 amide bonds. The van der Waals surface area contributed by atoms with E-state index in [-0.39, 0.29) is 47.4 Å². The maximum atomic E-state index is 12.8. The number of rotatable bonds is 6. The third-order valence-electron chi connectivity index (χ3n) is 4.88. The summed E-state index contributed by atoms with van der Waals surface area (Å²) in [4.78, 5) is 14.5. The Bertz CT molecular complexity index is 1120. The van der Waals surface area contributed by atoms with Gasteiger partial charge in [-0.2, -0.15) is 4.31 Å². The summed E-state index contributed by atoms with van der Waals surface area (Å²) in [6.45, 7) is 0.706. The van der Waals surface area contributed by atoms with Crippen molar-refractivity contribution < 1.29 is 26.4 Å². The average Bonchev–Trinajstić information content (AvgIpc) is 2.78. The Balaban J connectivity index is 1.70. The van der Waals surface area contributed by atoms with Crippen LogP contribution in [-0.4, -0.2) is 72.3 Å². The molecule has 1 saturated heterocycles. The summed E-state index contributed by atoms with van der Waals surface area (Å²) in [5.74, 6) is 0.219. The van der Waals surface area contributed by atoms with E-state index >= 15 is 0 Å². The van der Waals surface area contributed by atoms with E-state index in [0.717, 1.165) is 0 Å². The van der Waals surface area contributed by atoms with Crippen molar-refractivity contribution in [3.8, 4) is 5.75 Å². The van der Waals surface area contributed by atoms with Gasteiger partial charge in [0.1, 0.15) is 5.75 Å². The predicted octanol–water partition coefficient (Wildman–Crippen LogP) is 0.750. The normalized spacial score (nSPS) is 15.7. The lowest BCUT2D eigenvalue weighted by Crippen LogP contribution is -2.50. The number of benzene rings is 2. The molecule has 0 spiro atoms. The van der Waals surface area contributed by atoms with Gasteiger partial charge in [-0.3, -0.25) is 4.79 Å². The highest BCUT2D eigenvalue weighted by atomic mass is 32.2. The SMILES string of the molecule is CNS(=O)(=O)c1cccc(C(=O)N2CCN(S(=O)(=O)c3ccc(OC)cc3)CC2)c1. The fourth-order valence-corrected chi connectivity index (χ4v) is 5.32. The van der Waals surface area contributed by atoms with Crippen molar-refractivity contribution in [1.82, 2.24) is 13.9 Å². The summed E-state index contributed by atoms with van der Waals surface area (Å²) < 4.78 is 58.2. The van der Waals surface area contributed by atoms with Gasteiger partial charge in [0.15, 0.2) is 0 Å². The highest BCUT2D eigenvalue weighted by Gasteiger charge is 2.30. The molecule has 1 fully saturated rings. The minimum atomic E-state index is -3.68. The van der Waals surface area contributed by atoms with E-state index in [2.05, 4.69) is 4.72 Å². The Hall–Kier alpha value is -2.47. The van der Waals surface area contributed by atoms with E-state index in [1.165, 1.54) is 59.8 Å². The number of hydrogen-bond donors (Lipinski definition) is 1. The molecule has 30 heavy (non-hydrogen) atoms. The van der Waals surface area contributed by atoms with Crippen molar-refractivity contribution >= 4 is 26.0 Å². The number of nitrogens with zero attached hydrogens (tertiary/aromatic N) is 2. The highest BCUT2D eigenvalue weighted by molar-refractivity contribution is 7.89. The van der Waals surface area contributed by atoms with Gasteiger partial charge in [-0.05, 0) is 49.5 Å². The second kappa shape index (κ2) is 8.72. The van der Waals surface area contributed by atoms with Crippen molar-refractivity contribution in [2.45, 2.75) is 9.79 Å². The highest BCUT2D eigenvalue weighted by Crippen LogP contribution is 2.21. The lowest BCUT2D eigenvalue weighted by atomic mass is 10.2. The van der Waals surface area contributed by atoms with Gasteiger partial charge in [0.05, 0.1) is 16.9 Å². The third kappa shape index (κ3) is 4.48. The molecule has 0 unspecified atom stereocenters. The summed E-state index contributed by atoms with van der Waals surface area (Å²) in [5.41, 5.74) is 0.234. The number of carbonyl (C=O) groups excluding carboxylic acids is 1. The Morgan fingerprint density at radius 1 is 0.933 bits per heavy atom. The van der Waals surface area contributed by atoms with Gasteiger partial charge in [-0.15, -0.1) is 0 Å². The fraction of sp³-hybridized carbons (Fsp3) is 0.316. The molecule has 0 radical (unpaired) electrons. The van der Waals surface area contributed by atoms with Crippen LogP contribution in [0.15, 0.2) is 58.3 Å². The van der Waals surface area contributed by atoms with Crippen LogP contribution in [0.1, 0.15) is 10.4 Å². The summed E-state index contributed by atoms with van der Waals surface area (Å²) in [5, 5.41) is 0. The summed E-state index contributed by atoms with van der Waals surface area (Å²) in [6, 6.07) is 11.9. The standard InChI is InChI=1S/C19H23N3O6S2/c1-20-29(24,25)18-5-3-4-15(14-18)19(23)21-10-12-22(13-11-21)30(26,27)17-8-6-16(28-2)7-9-17/h3-9,14,20H,10-13H2,1-2H3. The molecule has 0 atom stereocenters. The molecule has 0 bridgehead atoms. The van der Waals surface area contributed by atoms with Crippen LogP contribution in [0.2, 0.25) is 0 Å². The maximum absolute atomic E-state index is 12.8. The molecule has 1 heterocycles. The summed E-state index contributed by atoms with van der Waals surface area (Å²) >= 11 is 0. The molecule has 0 aromatic heterocycles. The second-order valence-electron chi connectivity index (χ2n) is 6.61. The maximum Gasteiger partial charge on any atom is 0.253 e. The van der Waals surface area contributed by atoms with Crippen LogP contribution in [0.4, 0.5) is 0 Å². The van der Waals surface area contributed by atoms with Gasteiger partial charge in [0.25, 0.3) is 5.91 Å². The minimum Gasteiger partial charge on any atom is -0.497 e. The van der Waals surface area contributed by atoms with Crippen molar-refractivity contribution in [2.24, 2.45) is 0 Å². The largest absolute Gasteiger partial charge is 0.497 e. The minimum absolute atomic E-state index is 0.00318. The lowest BCUT2D eigenvalue weighted by molar-refractivity contribution is 0.0697. The second-order valence-corrected chi connectivity index (χ2v) is 10.4. The van der Waals surface area contributed by atoms with Crippen molar-refractivity contribution in [2.75, 3.05) is 40.3 Å². The molecule has 1 aliphatic rings. The lowest BCUT2D eigenvalue weighted by Gasteiger charge is -2.34. The third-order valence-corrected chi connectivity index (χ3v) is 8.21. The van der Waals surface area contributed by atoms with Crippen LogP contribution in [-0.2, 0) is 20.0 Å².